The minimum atomic E-state index is -3.18. The Hall–Kier alpha value is -1.45. The molecule has 4 N–H and O–H groups in total. The second-order valence-electron chi connectivity index (χ2n) is 4.51. The number of hydrogen-bond donors (Lipinski definition) is 3. The van der Waals surface area contributed by atoms with Crippen molar-refractivity contribution >= 4 is 43.3 Å². The van der Waals surface area contributed by atoms with Gasteiger partial charge in [0.25, 0.3) is 0 Å². The van der Waals surface area contributed by atoms with E-state index in [-0.39, 0.29) is 17.7 Å². The lowest BCUT2D eigenvalue weighted by atomic mass is 10.2. The second kappa shape index (κ2) is 7.01. The highest BCUT2D eigenvalue weighted by molar-refractivity contribution is 9.10. The number of rotatable bonds is 6. The van der Waals surface area contributed by atoms with Crippen LogP contribution in [-0.4, -0.2) is 43.5 Å². The predicted molar refractivity (Wildman–Crippen MR) is 82.0 cm³/mol. The minimum Gasteiger partial charge on any atom is -0.478 e. The van der Waals surface area contributed by atoms with E-state index < -0.39 is 27.8 Å². The van der Waals surface area contributed by atoms with Gasteiger partial charge in [0.1, 0.15) is 9.84 Å². The molecule has 0 spiro atoms. The second-order valence-corrected chi connectivity index (χ2v) is 7.63. The van der Waals surface area contributed by atoms with Gasteiger partial charge in [0, 0.05) is 10.7 Å². The van der Waals surface area contributed by atoms with Crippen LogP contribution in [0.1, 0.15) is 16.8 Å². The van der Waals surface area contributed by atoms with Gasteiger partial charge in [0.2, 0.25) is 5.91 Å². The SMILES string of the molecule is CS(=O)(=O)CCC(N)C(=O)Nc1ccc(C(=O)O)cc1Br. The van der Waals surface area contributed by atoms with E-state index in [4.69, 9.17) is 10.8 Å². The lowest BCUT2D eigenvalue weighted by molar-refractivity contribution is -0.117. The van der Waals surface area contributed by atoms with E-state index in [9.17, 15) is 18.0 Å². The zero-order chi connectivity index (χ0) is 16.2. The van der Waals surface area contributed by atoms with Crippen LogP contribution in [0.5, 0.6) is 0 Å². The van der Waals surface area contributed by atoms with Crippen LogP contribution in [-0.2, 0) is 14.6 Å². The topological polar surface area (TPSA) is 127 Å². The third kappa shape index (κ3) is 5.82. The summed E-state index contributed by atoms with van der Waals surface area (Å²) in [5.41, 5.74) is 6.05. The van der Waals surface area contributed by atoms with Crippen LogP contribution >= 0.6 is 15.9 Å². The first kappa shape index (κ1) is 17.6. The Morgan fingerprint density at radius 2 is 2.05 bits per heavy atom. The molecule has 0 bridgehead atoms. The average Bonchev–Trinajstić information content (AvgIpc) is 2.37. The molecule has 1 aromatic carbocycles. The summed E-state index contributed by atoms with van der Waals surface area (Å²) in [4.78, 5) is 22.6. The Labute approximate surface area is 130 Å². The summed E-state index contributed by atoms with van der Waals surface area (Å²) in [5, 5.41) is 11.3. The maximum atomic E-state index is 11.8. The first-order valence-corrected chi connectivity index (χ1v) is 8.72. The molecule has 0 aliphatic rings. The first-order chi connectivity index (χ1) is 9.60. The molecule has 21 heavy (non-hydrogen) atoms. The number of carboxylic acids is 1. The Morgan fingerprint density at radius 1 is 1.43 bits per heavy atom. The van der Waals surface area contributed by atoms with Crippen molar-refractivity contribution in [3.8, 4) is 0 Å². The van der Waals surface area contributed by atoms with Gasteiger partial charge in [-0.3, -0.25) is 4.79 Å². The van der Waals surface area contributed by atoms with E-state index in [1.54, 1.807) is 0 Å². The lowest BCUT2D eigenvalue weighted by Crippen LogP contribution is -2.37. The van der Waals surface area contributed by atoms with Crippen molar-refractivity contribution < 1.29 is 23.1 Å². The standard InChI is InChI=1S/C12H15BrN2O5S/c1-21(19,20)5-4-9(14)11(16)15-10-3-2-7(12(17)18)6-8(10)13/h2-3,6,9H,4-5,14H2,1H3,(H,15,16)(H,17,18). The molecule has 0 fully saturated rings. The number of benzene rings is 1. The highest BCUT2D eigenvalue weighted by Gasteiger charge is 2.17. The molecule has 0 heterocycles. The zero-order valence-corrected chi connectivity index (χ0v) is 13.6. The highest BCUT2D eigenvalue weighted by atomic mass is 79.9. The molecular formula is C12H15BrN2O5S. The molecule has 116 valence electrons. The van der Waals surface area contributed by atoms with Crippen LogP contribution in [0.3, 0.4) is 0 Å². The van der Waals surface area contributed by atoms with Crippen LogP contribution < -0.4 is 11.1 Å². The summed E-state index contributed by atoms with van der Waals surface area (Å²) >= 11 is 3.15. The fraction of sp³-hybridized carbons (Fsp3) is 0.333. The predicted octanol–water partition coefficient (Wildman–Crippen LogP) is 0.848. The number of carbonyl (C=O) groups excluding carboxylic acids is 1. The molecule has 0 aliphatic heterocycles. The largest absolute Gasteiger partial charge is 0.478 e. The summed E-state index contributed by atoms with van der Waals surface area (Å²) in [6.07, 6.45) is 1.08. The third-order valence-corrected chi connectivity index (χ3v) is 4.24. The highest BCUT2D eigenvalue weighted by Crippen LogP contribution is 2.24. The molecule has 0 saturated heterocycles. The summed E-state index contributed by atoms with van der Waals surface area (Å²) in [7, 11) is -3.18. The van der Waals surface area contributed by atoms with Gasteiger partial charge in [-0.2, -0.15) is 0 Å². The number of carbonyl (C=O) groups is 2. The molecular weight excluding hydrogens is 364 g/mol. The Bertz CT molecular complexity index is 660. The maximum absolute atomic E-state index is 11.8. The quantitative estimate of drug-likeness (QED) is 0.673. The van der Waals surface area contributed by atoms with E-state index >= 15 is 0 Å². The summed E-state index contributed by atoms with van der Waals surface area (Å²) < 4.78 is 22.4. The maximum Gasteiger partial charge on any atom is 0.335 e. The van der Waals surface area contributed by atoms with E-state index in [2.05, 4.69) is 21.2 Å². The van der Waals surface area contributed by atoms with Gasteiger partial charge >= 0.3 is 5.97 Å². The van der Waals surface area contributed by atoms with Crippen molar-refractivity contribution in [1.82, 2.24) is 0 Å². The minimum absolute atomic E-state index is 0.00942. The number of sulfone groups is 1. The van der Waals surface area contributed by atoms with Gasteiger partial charge in [0.05, 0.1) is 23.0 Å². The molecule has 1 aromatic rings. The number of anilines is 1. The number of aromatic carboxylic acids is 1. The van der Waals surface area contributed by atoms with Gasteiger partial charge in [-0.05, 0) is 40.5 Å². The van der Waals surface area contributed by atoms with Crippen molar-refractivity contribution in [2.45, 2.75) is 12.5 Å². The normalized spacial score (nSPS) is 12.7. The van der Waals surface area contributed by atoms with Gasteiger partial charge in [-0.25, -0.2) is 13.2 Å². The first-order valence-electron chi connectivity index (χ1n) is 5.87. The van der Waals surface area contributed by atoms with Crippen molar-refractivity contribution in [2.24, 2.45) is 5.73 Å². The third-order valence-electron chi connectivity index (χ3n) is 2.61. The van der Waals surface area contributed by atoms with Gasteiger partial charge in [-0.1, -0.05) is 0 Å². The molecule has 0 aromatic heterocycles. The zero-order valence-electron chi connectivity index (χ0n) is 11.2. The van der Waals surface area contributed by atoms with Crippen LogP contribution in [0, 0.1) is 0 Å². The average molecular weight is 379 g/mol. The van der Waals surface area contributed by atoms with Crippen LogP contribution in [0.4, 0.5) is 5.69 Å². The van der Waals surface area contributed by atoms with Crippen molar-refractivity contribution in [3.63, 3.8) is 0 Å². The number of nitrogens with one attached hydrogen (secondary N) is 1. The van der Waals surface area contributed by atoms with E-state index in [0.29, 0.717) is 10.2 Å². The molecule has 1 rings (SSSR count). The number of hydrogen-bond acceptors (Lipinski definition) is 5. The Morgan fingerprint density at radius 3 is 2.52 bits per heavy atom. The van der Waals surface area contributed by atoms with E-state index in [1.165, 1.54) is 18.2 Å². The van der Waals surface area contributed by atoms with Crippen LogP contribution in [0.25, 0.3) is 0 Å². The van der Waals surface area contributed by atoms with Gasteiger partial charge < -0.3 is 16.2 Å². The molecule has 7 nitrogen and oxygen atoms in total. The van der Waals surface area contributed by atoms with Crippen molar-refractivity contribution in [2.75, 3.05) is 17.3 Å². The van der Waals surface area contributed by atoms with E-state index in [0.717, 1.165) is 6.26 Å². The number of amides is 1. The Kier molecular flexibility index (Phi) is 5.87. The fourth-order valence-corrected chi connectivity index (χ4v) is 2.61. The van der Waals surface area contributed by atoms with Crippen molar-refractivity contribution in [3.05, 3.63) is 28.2 Å². The number of halogens is 1. The number of carboxylic acid groups (broad SMARTS) is 1. The lowest BCUT2D eigenvalue weighted by Gasteiger charge is -2.13. The van der Waals surface area contributed by atoms with Gasteiger partial charge in [-0.15, -0.1) is 0 Å². The Balaban J connectivity index is 2.72. The molecule has 0 radical (unpaired) electrons. The smallest absolute Gasteiger partial charge is 0.335 e. The van der Waals surface area contributed by atoms with E-state index in [1.807, 2.05) is 0 Å². The molecule has 1 unspecified atom stereocenters. The fourth-order valence-electron chi connectivity index (χ4n) is 1.45. The van der Waals surface area contributed by atoms with Crippen LogP contribution in [0.2, 0.25) is 0 Å². The monoisotopic (exact) mass is 378 g/mol. The molecule has 0 saturated carbocycles. The summed E-state index contributed by atoms with van der Waals surface area (Å²) in [6, 6.07) is 3.14. The molecule has 1 amide bonds. The molecule has 9 heteroatoms. The summed E-state index contributed by atoms with van der Waals surface area (Å²) in [5.74, 6) is -1.80. The van der Waals surface area contributed by atoms with Gasteiger partial charge in [0.15, 0.2) is 0 Å². The van der Waals surface area contributed by atoms with Crippen molar-refractivity contribution in [1.29, 1.82) is 0 Å². The van der Waals surface area contributed by atoms with Crippen LogP contribution in [0.15, 0.2) is 22.7 Å². The molecule has 0 aliphatic carbocycles. The number of nitrogens with two attached hydrogens (primary N) is 1. The molecule has 1 atom stereocenters. The summed E-state index contributed by atoms with van der Waals surface area (Å²) in [6.45, 7) is 0.